The van der Waals surface area contributed by atoms with Crippen molar-refractivity contribution in [2.75, 3.05) is 26.2 Å². The van der Waals surface area contributed by atoms with Gasteiger partial charge in [-0.2, -0.15) is 0 Å². The second-order valence-corrected chi connectivity index (χ2v) is 5.66. The summed E-state index contributed by atoms with van der Waals surface area (Å²) in [5, 5.41) is 6.67. The van der Waals surface area contributed by atoms with Crippen LogP contribution in [0, 0.1) is 6.92 Å². The van der Waals surface area contributed by atoms with Crippen LogP contribution in [0.2, 0.25) is 0 Å². The molecule has 4 nitrogen and oxygen atoms in total. The monoisotopic (exact) mass is 274 g/mol. The van der Waals surface area contributed by atoms with Crippen LogP contribution in [-0.2, 0) is 0 Å². The Morgan fingerprint density at radius 1 is 1.32 bits per heavy atom. The fourth-order valence-electron chi connectivity index (χ4n) is 2.45. The van der Waals surface area contributed by atoms with Gasteiger partial charge in [-0.1, -0.05) is 6.07 Å². The predicted molar refractivity (Wildman–Crippen MR) is 77.4 cm³/mol. The van der Waals surface area contributed by atoms with Crippen LogP contribution in [0.3, 0.4) is 0 Å². The molecule has 2 aromatic rings. The van der Waals surface area contributed by atoms with E-state index < -0.39 is 0 Å². The van der Waals surface area contributed by atoms with Gasteiger partial charge < -0.3 is 5.32 Å². The minimum Gasteiger partial charge on any atom is -0.314 e. The van der Waals surface area contributed by atoms with E-state index in [0.29, 0.717) is 0 Å². The molecule has 1 atom stereocenters. The number of aryl methyl sites for hydroxylation is 1. The number of nitrogens with one attached hydrogen (secondary N) is 1. The van der Waals surface area contributed by atoms with Gasteiger partial charge in [-0.05, 0) is 19.1 Å². The summed E-state index contributed by atoms with van der Waals surface area (Å²) >= 11 is 1.73. The molecule has 0 aliphatic carbocycles. The van der Waals surface area contributed by atoms with E-state index in [1.807, 2.05) is 19.2 Å². The Bertz CT molecular complexity index is 519. The standard InChI is InChI=1S/C14H18N4S/c1-11-10-19-14(17-11)13(12-4-2-3-5-16-12)18-8-6-15-7-9-18/h2-5,10,13,15H,6-9H2,1H3. The summed E-state index contributed by atoms with van der Waals surface area (Å²) in [6, 6.07) is 6.31. The lowest BCUT2D eigenvalue weighted by Gasteiger charge is -2.33. The summed E-state index contributed by atoms with van der Waals surface area (Å²) in [4.78, 5) is 11.7. The molecule has 0 bridgehead atoms. The average molecular weight is 274 g/mol. The van der Waals surface area contributed by atoms with E-state index in [0.717, 1.165) is 42.6 Å². The van der Waals surface area contributed by atoms with Gasteiger partial charge in [-0.3, -0.25) is 9.88 Å². The molecular weight excluding hydrogens is 256 g/mol. The lowest BCUT2D eigenvalue weighted by molar-refractivity contribution is 0.195. The highest BCUT2D eigenvalue weighted by Crippen LogP contribution is 2.29. The van der Waals surface area contributed by atoms with E-state index in [9.17, 15) is 0 Å². The highest BCUT2D eigenvalue weighted by molar-refractivity contribution is 7.09. The number of aromatic nitrogens is 2. The molecule has 1 fully saturated rings. The van der Waals surface area contributed by atoms with Gasteiger partial charge in [0.1, 0.15) is 11.0 Å². The number of thiazole rings is 1. The highest BCUT2D eigenvalue weighted by atomic mass is 32.1. The summed E-state index contributed by atoms with van der Waals surface area (Å²) in [6.07, 6.45) is 1.87. The lowest BCUT2D eigenvalue weighted by atomic mass is 10.1. The molecule has 0 spiro atoms. The van der Waals surface area contributed by atoms with Gasteiger partial charge in [0.25, 0.3) is 0 Å². The van der Waals surface area contributed by atoms with Crippen molar-refractivity contribution in [2.24, 2.45) is 0 Å². The van der Waals surface area contributed by atoms with Crippen molar-refractivity contribution in [3.63, 3.8) is 0 Å². The van der Waals surface area contributed by atoms with Crippen molar-refractivity contribution in [2.45, 2.75) is 13.0 Å². The Labute approximate surface area is 117 Å². The first-order valence-corrected chi connectivity index (χ1v) is 7.50. The first-order valence-electron chi connectivity index (χ1n) is 6.62. The predicted octanol–water partition coefficient (Wildman–Crippen LogP) is 1.84. The number of piperazine rings is 1. The quantitative estimate of drug-likeness (QED) is 0.927. The second-order valence-electron chi connectivity index (χ2n) is 4.77. The second kappa shape index (κ2) is 5.77. The van der Waals surface area contributed by atoms with Gasteiger partial charge in [-0.25, -0.2) is 4.98 Å². The van der Waals surface area contributed by atoms with Gasteiger partial charge in [0, 0.05) is 43.4 Å². The number of pyridine rings is 1. The third kappa shape index (κ3) is 2.83. The molecule has 1 unspecified atom stereocenters. The lowest BCUT2D eigenvalue weighted by Crippen LogP contribution is -2.45. The summed E-state index contributed by atoms with van der Waals surface area (Å²) < 4.78 is 0. The maximum absolute atomic E-state index is 4.68. The van der Waals surface area contributed by atoms with Crippen molar-refractivity contribution < 1.29 is 0 Å². The topological polar surface area (TPSA) is 41.1 Å². The van der Waals surface area contributed by atoms with Crippen LogP contribution in [-0.4, -0.2) is 41.0 Å². The molecule has 2 aromatic heterocycles. The number of hydrogen-bond acceptors (Lipinski definition) is 5. The third-order valence-electron chi connectivity index (χ3n) is 3.36. The van der Waals surface area contributed by atoms with Crippen LogP contribution in [0.25, 0.3) is 0 Å². The van der Waals surface area contributed by atoms with E-state index in [4.69, 9.17) is 0 Å². The Balaban J connectivity index is 1.95. The molecule has 5 heteroatoms. The zero-order chi connectivity index (χ0) is 13.1. The molecule has 100 valence electrons. The normalized spacial score (nSPS) is 18.4. The largest absolute Gasteiger partial charge is 0.314 e. The van der Waals surface area contributed by atoms with Gasteiger partial charge in [0.2, 0.25) is 0 Å². The molecule has 3 heterocycles. The van der Waals surface area contributed by atoms with E-state index >= 15 is 0 Å². The zero-order valence-corrected chi connectivity index (χ0v) is 11.9. The molecule has 0 aromatic carbocycles. The summed E-state index contributed by atoms with van der Waals surface area (Å²) in [6.45, 7) is 6.20. The van der Waals surface area contributed by atoms with Crippen LogP contribution in [0.15, 0.2) is 29.8 Å². The molecule has 19 heavy (non-hydrogen) atoms. The minimum absolute atomic E-state index is 0.196. The SMILES string of the molecule is Cc1csc(C(c2ccccn2)N2CCNCC2)n1. The fraction of sp³-hybridized carbons (Fsp3) is 0.429. The van der Waals surface area contributed by atoms with E-state index in [2.05, 4.69) is 37.7 Å². The molecule has 1 aliphatic rings. The molecule has 1 N–H and O–H groups in total. The highest BCUT2D eigenvalue weighted by Gasteiger charge is 2.26. The van der Waals surface area contributed by atoms with E-state index in [1.165, 1.54) is 0 Å². The van der Waals surface area contributed by atoms with Gasteiger partial charge in [-0.15, -0.1) is 11.3 Å². The van der Waals surface area contributed by atoms with Crippen molar-refractivity contribution in [1.82, 2.24) is 20.2 Å². The molecule has 1 aliphatic heterocycles. The van der Waals surface area contributed by atoms with Crippen molar-refractivity contribution in [1.29, 1.82) is 0 Å². The van der Waals surface area contributed by atoms with Crippen LogP contribution in [0.5, 0.6) is 0 Å². The van der Waals surface area contributed by atoms with Crippen molar-refractivity contribution >= 4 is 11.3 Å². The van der Waals surface area contributed by atoms with Crippen molar-refractivity contribution in [3.05, 3.63) is 46.2 Å². The first-order chi connectivity index (χ1) is 9.34. The zero-order valence-electron chi connectivity index (χ0n) is 11.0. The van der Waals surface area contributed by atoms with Crippen LogP contribution in [0.1, 0.15) is 22.4 Å². The van der Waals surface area contributed by atoms with Crippen LogP contribution in [0.4, 0.5) is 0 Å². The van der Waals surface area contributed by atoms with Gasteiger partial charge in [0.05, 0.1) is 5.69 Å². The minimum atomic E-state index is 0.196. The molecule has 1 saturated heterocycles. The maximum atomic E-state index is 4.68. The third-order valence-corrected chi connectivity index (χ3v) is 4.37. The Kier molecular flexibility index (Phi) is 3.87. The first kappa shape index (κ1) is 12.7. The fourth-order valence-corrected chi connectivity index (χ4v) is 3.38. The summed E-state index contributed by atoms with van der Waals surface area (Å²) in [7, 11) is 0. The molecule has 3 rings (SSSR count). The molecule has 0 amide bonds. The molecule has 0 radical (unpaired) electrons. The summed E-state index contributed by atoms with van der Waals surface area (Å²) in [5.74, 6) is 0. The average Bonchev–Trinajstić information content (AvgIpc) is 2.88. The van der Waals surface area contributed by atoms with Crippen LogP contribution >= 0.6 is 11.3 Å². The number of hydrogen-bond donors (Lipinski definition) is 1. The smallest absolute Gasteiger partial charge is 0.116 e. The Morgan fingerprint density at radius 2 is 2.16 bits per heavy atom. The number of rotatable bonds is 3. The molecular formula is C14H18N4S. The number of nitrogens with zero attached hydrogens (tertiary/aromatic N) is 3. The molecule has 0 saturated carbocycles. The van der Waals surface area contributed by atoms with Gasteiger partial charge in [0.15, 0.2) is 0 Å². The Morgan fingerprint density at radius 3 is 2.79 bits per heavy atom. The van der Waals surface area contributed by atoms with Crippen LogP contribution < -0.4 is 5.32 Å². The van der Waals surface area contributed by atoms with E-state index in [1.54, 1.807) is 11.3 Å². The maximum Gasteiger partial charge on any atom is 0.116 e. The van der Waals surface area contributed by atoms with Crippen molar-refractivity contribution in [3.8, 4) is 0 Å². The summed E-state index contributed by atoms with van der Waals surface area (Å²) in [5.41, 5.74) is 2.19. The van der Waals surface area contributed by atoms with E-state index in [-0.39, 0.29) is 6.04 Å². The van der Waals surface area contributed by atoms with Gasteiger partial charge >= 0.3 is 0 Å². The Hall–Kier alpha value is -1.30.